The molecular formula is C13H14BrN3O2. The predicted molar refractivity (Wildman–Crippen MR) is 73.5 cm³/mol. The van der Waals surface area contributed by atoms with Crippen LogP contribution >= 0.6 is 15.9 Å². The maximum absolute atomic E-state index is 9.78. The molecule has 19 heavy (non-hydrogen) atoms. The van der Waals surface area contributed by atoms with Crippen LogP contribution in [0.5, 0.6) is 11.6 Å². The number of ether oxygens (including phenoxy) is 1. The van der Waals surface area contributed by atoms with E-state index < -0.39 is 0 Å². The van der Waals surface area contributed by atoms with Gasteiger partial charge in [0.05, 0.1) is 5.69 Å². The summed E-state index contributed by atoms with van der Waals surface area (Å²) in [4.78, 5) is 3.92. The van der Waals surface area contributed by atoms with Crippen LogP contribution in [0.1, 0.15) is 19.0 Å². The Morgan fingerprint density at radius 2 is 2.05 bits per heavy atom. The molecule has 6 heteroatoms. The van der Waals surface area contributed by atoms with Crippen molar-refractivity contribution in [3.63, 3.8) is 0 Å². The van der Waals surface area contributed by atoms with Gasteiger partial charge in [0.1, 0.15) is 10.2 Å². The zero-order valence-electron chi connectivity index (χ0n) is 10.4. The molecule has 5 nitrogen and oxygen atoms in total. The second-order valence-corrected chi connectivity index (χ2v) is 4.77. The van der Waals surface area contributed by atoms with Gasteiger partial charge in [-0.1, -0.05) is 31.5 Å². The second-order valence-electron chi connectivity index (χ2n) is 3.98. The summed E-state index contributed by atoms with van der Waals surface area (Å²) in [5.41, 5.74) is 0.325. The lowest BCUT2D eigenvalue weighted by molar-refractivity contribution is 0.152. The normalized spacial score (nSPS) is 10.4. The van der Waals surface area contributed by atoms with Gasteiger partial charge in [0.2, 0.25) is 5.88 Å². The van der Waals surface area contributed by atoms with E-state index in [-0.39, 0.29) is 11.5 Å². The summed E-state index contributed by atoms with van der Waals surface area (Å²) in [6.45, 7) is 1.99. The van der Waals surface area contributed by atoms with E-state index in [0.29, 0.717) is 22.3 Å². The quantitative estimate of drug-likeness (QED) is 0.849. The number of hydrogen-bond acceptors (Lipinski definition) is 4. The van der Waals surface area contributed by atoms with E-state index in [0.717, 1.165) is 11.2 Å². The van der Waals surface area contributed by atoms with Crippen LogP contribution in [0.3, 0.4) is 0 Å². The Morgan fingerprint density at radius 1 is 1.37 bits per heavy atom. The second kappa shape index (κ2) is 5.88. The predicted octanol–water partition coefficient (Wildman–Crippen LogP) is 3.11. The Balaban J connectivity index is 2.44. The molecule has 100 valence electrons. The molecule has 0 radical (unpaired) electrons. The summed E-state index contributed by atoms with van der Waals surface area (Å²) in [6, 6.07) is 9.20. The van der Waals surface area contributed by atoms with Crippen molar-refractivity contribution in [2.45, 2.75) is 19.8 Å². The lowest BCUT2D eigenvalue weighted by Crippen LogP contribution is -2.25. The van der Waals surface area contributed by atoms with E-state index in [2.05, 4.69) is 20.9 Å². The molecule has 2 N–H and O–H groups in total. The number of benzene rings is 1. The van der Waals surface area contributed by atoms with Crippen LogP contribution in [0.2, 0.25) is 0 Å². The fraction of sp³-hybridized carbons (Fsp3) is 0.231. The van der Waals surface area contributed by atoms with Gasteiger partial charge in [0.15, 0.2) is 0 Å². The third-order valence-electron chi connectivity index (χ3n) is 2.55. The molecule has 0 spiro atoms. The van der Waals surface area contributed by atoms with Crippen LogP contribution < -0.4 is 10.4 Å². The monoisotopic (exact) mass is 323 g/mol. The van der Waals surface area contributed by atoms with Gasteiger partial charge < -0.3 is 9.94 Å². The fourth-order valence-corrected chi connectivity index (χ4v) is 2.19. The summed E-state index contributed by atoms with van der Waals surface area (Å²) in [6.07, 6.45) is 1.46. The molecule has 0 aliphatic rings. The smallest absolute Gasteiger partial charge is 0.259 e. The lowest BCUT2D eigenvalue weighted by Gasteiger charge is -2.12. The zero-order valence-corrected chi connectivity index (χ0v) is 12.0. The Hall–Kier alpha value is -1.82. The average molecular weight is 324 g/mol. The number of nitrogens with one attached hydrogen (secondary N) is 1. The third-order valence-corrected chi connectivity index (χ3v) is 3.35. The highest BCUT2D eigenvalue weighted by molar-refractivity contribution is 9.10. The standard InChI is InChI=1S/C13H14BrN3O2/c1-2-6-10-11(14)12(16-13(15)17(10)18)19-9-7-4-3-5-8-9/h3-5,7-8,15,18H,2,6H2,1H3. The highest BCUT2D eigenvalue weighted by Crippen LogP contribution is 2.29. The van der Waals surface area contributed by atoms with Gasteiger partial charge in [-0.25, -0.2) is 0 Å². The summed E-state index contributed by atoms with van der Waals surface area (Å²) in [5, 5.41) is 17.4. The van der Waals surface area contributed by atoms with Crippen LogP contribution in [0, 0.1) is 5.41 Å². The number of para-hydroxylation sites is 1. The van der Waals surface area contributed by atoms with Crippen LogP contribution in [0.4, 0.5) is 0 Å². The largest absolute Gasteiger partial charge is 0.438 e. The minimum Gasteiger partial charge on any atom is -0.438 e. The topological polar surface area (TPSA) is 71.1 Å². The van der Waals surface area contributed by atoms with Crippen molar-refractivity contribution in [3.8, 4) is 11.6 Å². The van der Waals surface area contributed by atoms with E-state index in [4.69, 9.17) is 10.1 Å². The first-order valence-corrected chi connectivity index (χ1v) is 6.71. The molecule has 1 heterocycles. The molecular weight excluding hydrogens is 310 g/mol. The molecule has 0 saturated carbocycles. The number of nitrogens with zero attached hydrogens (tertiary/aromatic N) is 2. The van der Waals surface area contributed by atoms with E-state index in [1.54, 1.807) is 12.1 Å². The highest BCUT2D eigenvalue weighted by Gasteiger charge is 2.14. The van der Waals surface area contributed by atoms with E-state index in [1.165, 1.54) is 0 Å². The van der Waals surface area contributed by atoms with Crippen molar-refractivity contribution in [3.05, 3.63) is 46.1 Å². The fourth-order valence-electron chi connectivity index (χ4n) is 1.66. The van der Waals surface area contributed by atoms with E-state index in [9.17, 15) is 5.21 Å². The maximum Gasteiger partial charge on any atom is 0.259 e. The zero-order chi connectivity index (χ0) is 13.8. The van der Waals surface area contributed by atoms with Crippen LogP contribution in [-0.4, -0.2) is 14.9 Å². The molecule has 2 rings (SSSR count). The number of aromatic nitrogens is 2. The van der Waals surface area contributed by atoms with Gasteiger partial charge >= 0.3 is 0 Å². The van der Waals surface area contributed by atoms with Gasteiger partial charge in [0, 0.05) is 0 Å². The van der Waals surface area contributed by atoms with Crippen LogP contribution in [0.25, 0.3) is 0 Å². The van der Waals surface area contributed by atoms with Crippen molar-refractivity contribution in [2.75, 3.05) is 0 Å². The number of hydrogen-bond donors (Lipinski definition) is 2. The van der Waals surface area contributed by atoms with Crippen LogP contribution in [0.15, 0.2) is 34.8 Å². The van der Waals surface area contributed by atoms with Gasteiger partial charge in [-0.3, -0.25) is 5.41 Å². The van der Waals surface area contributed by atoms with Gasteiger partial charge in [-0.2, -0.15) is 9.71 Å². The molecule has 1 aromatic carbocycles. The molecule has 0 atom stereocenters. The van der Waals surface area contributed by atoms with Crippen molar-refractivity contribution in [2.24, 2.45) is 0 Å². The Morgan fingerprint density at radius 3 is 2.68 bits per heavy atom. The van der Waals surface area contributed by atoms with Crippen molar-refractivity contribution >= 4 is 15.9 Å². The minimum absolute atomic E-state index is 0.252. The molecule has 0 saturated heterocycles. The molecule has 0 bridgehead atoms. The van der Waals surface area contributed by atoms with Crippen LogP contribution in [-0.2, 0) is 6.42 Å². The van der Waals surface area contributed by atoms with Gasteiger partial charge in [-0.05, 0) is 34.5 Å². The van der Waals surface area contributed by atoms with E-state index in [1.807, 2.05) is 25.1 Å². The summed E-state index contributed by atoms with van der Waals surface area (Å²) in [5.74, 6) is 0.915. The number of rotatable bonds is 4. The van der Waals surface area contributed by atoms with Gasteiger partial charge in [0.25, 0.3) is 5.62 Å². The average Bonchev–Trinajstić information content (AvgIpc) is 2.42. The Bertz CT molecular complexity index is 626. The minimum atomic E-state index is -0.252. The molecule has 0 aliphatic heterocycles. The van der Waals surface area contributed by atoms with Crippen molar-refractivity contribution in [1.29, 1.82) is 5.41 Å². The molecule has 0 aliphatic carbocycles. The molecule has 1 aromatic heterocycles. The Kier molecular flexibility index (Phi) is 4.21. The summed E-state index contributed by atoms with van der Waals surface area (Å²) in [7, 11) is 0. The van der Waals surface area contributed by atoms with Crippen molar-refractivity contribution < 1.29 is 9.94 Å². The Labute approximate surface area is 119 Å². The van der Waals surface area contributed by atoms with Crippen molar-refractivity contribution in [1.82, 2.24) is 9.71 Å². The summed E-state index contributed by atoms with van der Waals surface area (Å²) >= 11 is 3.37. The van der Waals surface area contributed by atoms with Gasteiger partial charge in [-0.15, -0.1) is 0 Å². The third kappa shape index (κ3) is 2.96. The lowest BCUT2D eigenvalue weighted by atomic mass is 10.2. The SMILES string of the molecule is CCCc1c(Br)c(Oc2ccccc2)nc(=N)n1O. The number of halogens is 1. The van der Waals surface area contributed by atoms with E-state index >= 15 is 0 Å². The highest BCUT2D eigenvalue weighted by atomic mass is 79.9. The maximum atomic E-state index is 9.78. The first kappa shape index (κ1) is 13.6. The molecule has 0 amide bonds. The summed E-state index contributed by atoms with van der Waals surface area (Å²) < 4.78 is 6.97. The molecule has 0 fully saturated rings. The molecule has 0 unspecified atom stereocenters. The molecule has 2 aromatic rings. The first-order valence-electron chi connectivity index (χ1n) is 5.91. The first-order chi connectivity index (χ1) is 9.13.